The zero-order chi connectivity index (χ0) is 5.40. The predicted octanol–water partition coefficient (Wildman–Crippen LogP) is 1.15. The summed E-state index contributed by atoms with van der Waals surface area (Å²) >= 11 is 0. The lowest BCUT2D eigenvalue weighted by atomic mass is 10.1. The van der Waals surface area contributed by atoms with Crippen LogP contribution in [0.1, 0.15) is 25.7 Å². The third-order valence-corrected chi connectivity index (χ3v) is 2.58. The summed E-state index contributed by atoms with van der Waals surface area (Å²) in [5.41, 5.74) is 0. The summed E-state index contributed by atoms with van der Waals surface area (Å²) in [5, 5.41) is 3.52. The smallest absolute Gasteiger partial charge is 0.00958 e. The standard InChI is InChI=1S/C7H13N/c1-2-6-4-5-8-7(6)3-1/h6-8H,1-5H2. The molecular weight excluding hydrogens is 98.1 g/mol. The summed E-state index contributed by atoms with van der Waals surface area (Å²) in [6.07, 6.45) is 5.87. The molecule has 1 saturated heterocycles. The van der Waals surface area contributed by atoms with Crippen molar-refractivity contribution in [2.45, 2.75) is 31.7 Å². The predicted molar refractivity (Wildman–Crippen MR) is 33.7 cm³/mol. The molecule has 0 radical (unpaired) electrons. The van der Waals surface area contributed by atoms with Crippen molar-refractivity contribution in [1.82, 2.24) is 5.32 Å². The van der Waals surface area contributed by atoms with E-state index in [1.165, 1.54) is 32.2 Å². The van der Waals surface area contributed by atoms with Gasteiger partial charge in [-0.15, -0.1) is 0 Å². The molecule has 1 nitrogen and oxygen atoms in total. The summed E-state index contributed by atoms with van der Waals surface area (Å²) in [5.74, 6) is 1.06. The second-order valence-electron chi connectivity index (χ2n) is 3.04. The van der Waals surface area contributed by atoms with E-state index in [0.717, 1.165) is 12.0 Å². The normalized spacial score (nSPS) is 45.0. The third kappa shape index (κ3) is 0.576. The Kier molecular flexibility index (Phi) is 1.04. The van der Waals surface area contributed by atoms with Gasteiger partial charge in [0.25, 0.3) is 0 Å². The van der Waals surface area contributed by atoms with Gasteiger partial charge in [0.2, 0.25) is 0 Å². The second-order valence-corrected chi connectivity index (χ2v) is 3.04. The molecule has 0 aromatic heterocycles. The Morgan fingerprint density at radius 3 is 3.00 bits per heavy atom. The fourth-order valence-electron chi connectivity index (χ4n) is 2.11. The Balaban J connectivity index is 2.04. The fraction of sp³-hybridized carbons (Fsp3) is 1.00. The van der Waals surface area contributed by atoms with Crippen molar-refractivity contribution in [3.63, 3.8) is 0 Å². The lowest BCUT2D eigenvalue weighted by Crippen LogP contribution is -2.21. The Morgan fingerprint density at radius 2 is 2.12 bits per heavy atom. The molecule has 0 aromatic rings. The Morgan fingerprint density at radius 1 is 1.12 bits per heavy atom. The van der Waals surface area contributed by atoms with Crippen molar-refractivity contribution in [2.24, 2.45) is 5.92 Å². The molecule has 1 aliphatic carbocycles. The van der Waals surface area contributed by atoms with Crippen LogP contribution >= 0.6 is 0 Å². The minimum atomic E-state index is 0.926. The zero-order valence-electron chi connectivity index (χ0n) is 5.19. The first-order chi connectivity index (χ1) is 3.97. The van der Waals surface area contributed by atoms with Crippen LogP contribution in [-0.4, -0.2) is 12.6 Å². The van der Waals surface area contributed by atoms with E-state index in [-0.39, 0.29) is 0 Å². The highest BCUT2D eigenvalue weighted by atomic mass is 15.0. The molecule has 1 heteroatoms. The van der Waals surface area contributed by atoms with Crippen LogP contribution in [0, 0.1) is 5.92 Å². The Hall–Kier alpha value is -0.0400. The minimum Gasteiger partial charge on any atom is -0.314 e. The molecular formula is C7H13N. The molecule has 0 amide bonds. The van der Waals surface area contributed by atoms with Crippen molar-refractivity contribution >= 4 is 0 Å². The molecule has 1 N–H and O–H groups in total. The van der Waals surface area contributed by atoms with Crippen LogP contribution in [-0.2, 0) is 0 Å². The van der Waals surface area contributed by atoms with E-state index in [9.17, 15) is 0 Å². The number of rotatable bonds is 0. The lowest BCUT2D eigenvalue weighted by Gasteiger charge is -2.05. The van der Waals surface area contributed by atoms with Crippen molar-refractivity contribution in [3.05, 3.63) is 0 Å². The maximum Gasteiger partial charge on any atom is 0.00958 e. The number of hydrogen-bond donors (Lipinski definition) is 1. The number of fused-ring (bicyclic) bond motifs is 1. The molecule has 1 saturated carbocycles. The fourth-order valence-corrected chi connectivity index (χ4v) is 2.11. The van der Waals surface area contributed by atoms with E-state index in [1.54, 1.807) is 0 Å². The molecule has 2 fully saturated rings. The monoisotopic (exact) mass is 111 g/mol. The molecule has 0 bridgehead atoms. The highest BCUT2D eigenvalue weighted by Gasteiger charge is 2.30. The molecule has 0 spiro atoms. The maximum atomic E-state index is 3.52. The summed E-state index contributed by atoms with van der Waals surface area (Å²) in [7, 11) is 0. The van der Waals surface area contributed by atoms with Gasteiger partial charge in [-0.3, -0.25) is 0 Å². The number of nitrogens with one attached hydrogen (secondary N) is 1. The maximum absolute atomic E-state index is 3.52. The van der Waals surface area contributed by atoms with Gasteiger partial charge in [0, 0.05) is 6.04 Å². The highest BCUT2D eigenvalue weighted by Crippen LogP contribution is 2.31. The van der Waals surface area contributed by atoms with Crippen LogP contribution in [0.4, 0.5) is 0 Å². The van der Waals surface area contributed by atoms with Crippen LogP contribution in [0.3, 0.4) is 0 Å². The van der Waals surface area contributed by atoms with E-state index in [0.29, 0.717) is 0 Å². The molecule has 1 aliphatic heterocycles. The van der Waals surface area contributed by atoms with Crippen molar-refractivity contribution in [2.75, 3.05) is 6.54 Å². The molecule has 1 heterocycles. The Labute approximate surface area is 50.5 Å². The molecule has 2 aliphatic rings. The molecule has 2 rings (SSSR count). The van der Waals surface area contributed by atoms with Gasteiger partial charge in [-0.2, -0.15) is 0 Å². The summed E-state index contributed by atoms with van der Waals surface area (Å²) in [6.45, 7) is 1.29. The van der Waals surface area contributed by atoms with Crippen LogP contribution in [0.5, 0.6) is 0 Å². The zero-order valence-corrected chi connectivity index (χ0v) is 5.19. The summed E-state index contributed by atoms with van der Waals surface area (Å²) in [6, 6.07) is 0.926. The lowest BCUT2D eigenvalue weighted by molar-refractivity contribution is 0.518. The summed E-state index contributed by atoms with van der Waals surface area (Å²) < 4.78 is 0. The number of hydrogen-bond acceptors (Lipinski definition) is 1. The van der Waals surface area contributed by atoms with Gasteiger partial charge in [-0.25, -0.2) is 0 Å². The average molecular weight is 111 g/mol. The van der Waals surface area contributed by atoms with Crippen LogP contribution in [0.25, 0.3) is 0 Å². The molecule has 2 atom stereocenters. The summed E-state index contributed by atoms with van der Waals surface area (Å²) in [4.78, 5) is 0. The van der Waals surface area contributed by atoms with Crippen LogP contribution in [0.2, 0.25) is 0 Å². The van der Waals surface area contributed by atoms with Gasteiger partial charge in [0.15, 0.2) is 0 Å². The van der Waals surface area contributed by atoms with Crippen molar-refractivity contribution in [1.29, 1.82) is 0 Å². The van der Waals surface area contributed by atoms with Crippen molar-refractivity contribution < 1.29 is 0 Å². The largest absolute Gasteiger partial charge is 0.314 e. The van der Waals surface area contributed by atoms with Gasteiger partial charge >= 0.3 is 0 Å². The van der Waals surface area contributed by atoms with Crippen molar-refractivity contribution in [3.8, 4) is 0 Å². The van der Waals surface area contributed by atoms with Crippen LogP contribution < -0.4 is 5.32 Å². The first-order valence-corrected chi connectivity index (χ1v) is 3.70. The first kappa shape index (κ1) is 4.80. The third-order valence-electron chi connectivity index (χ3n) is 2.58. The van der Waals surface area contributed by atoms with Gasteiger partial charge in [-0.05, 0) is 31.7 Å². The first-order valence-electron chi connectivity index (χ1n) is 3.70. The van der Waals surface area contributed by atoms with E-state index < -0.39 is 0 Å². The van der Waals surface area contributed by atoms with Gasteiger partial charge < -0.3 is 5.32 Å². The van der Waals surface area contributed by atoms with Gasteiger partial charge in [0.05, 0.1) is 0 Å². The van der Waals surface area contributed by atoms with Crippen LogP contribution in [0.15, 0.2) is 0 Å². The minimum absolute atomic E-state index is 0.926. The van der Waals surface area contributed by atoms with Gasteiger partial charge in [0.1, 0.15) is 0 Å². The van der Waals surface area contributed by atoms with E-state index in [2.05, 4.69) is 5.32 Å². The van der Waals surface area contributed by atoms with Gasteiger partial charge in [-0.1, -0.05) is 6.42 Å². The average Bonchev–Trinajstić information content (AvgIpc) is 2.15. The highest BCUT2D eigenvalue weighted by molar-refractivity contribution is 4.88. The SMILES string of the molecule is C1CC2CCNC2C1. The van der Waals surface area contributed by atoms with E-state index in [4.69, 9.17) is 0 Å². The van der Waals surface area contributed by atoms with E-state index >= 15 is 0 Å². The quantitative estimate of drug-likeness (QED) is 0.494. The molecule has 8 heavy (non-hydrogen) atoms. The van der Waals surface area contributed by atoms with E-state index in [1.807, 2.05) is 0 Å². The molecule has 0 aromatic carbocycles. The Bertz CT molecular complexity index is 70.4. The molecule has 2 unspecified atom stereocenters. The molecule has 46 valence electrons. The second kappa shape index (κ2) is 1.73. The topological polar surface area (TPSA) is 12.0 Å².